The molecule has 2 N–H and O–H groups in total. The van der Waals surface area contributed by atoms with Gasteiger partial charge in [-0.15, -0.1) is 0 Å². The predicted octanol–water partition coefficient (Wildman–Crippen LogP) is 2.00. The normalized spacial score (nSPS) is 10.8. The van der Waals surface area contributed by atoms with Crippen LogP contribution in [0, 0.1) is 6.92 Å². The van der Waals surface area contributed by atoms with Crippen molar-refractivity contribution >= 4 is 11.8 Å². The summed E-state index contributed by atoms with van der Waals surface area (Å²) in [7, 11) is 1.71. The number of aromatic amines is 1. The molecule has 0 unspecified atom stereocenters. The fourth-order valence-electron chi connectivity index (χ4n) is 1.68. The van der Waals surface area contributed by atoms with Crippen molar-refractivity contribution in [3.8, 4) is 0 Å². The molecule has 0 spiro atoms. The standard InChI is InChI=1S/C13H18N4OS/c1-10-7-12(19-13-15-9-16-17-13)4-3-11(10)8-14-5-6-18-2/h3-4,7,9,14H,5-6,8H2,1-2H3,(H,15,16,17). The number of ether oxygens (including phenoxy) is 1. The molecular formula is C13H18N4OS. The summed E-state index contributed by atoms with van der Waals surface area (Å²) in [6.45, 7) is 4.59. The molecule has 0 aliphatic rings. The molecule has 2 aromatic rings. The monoisotopic (exact) mass is 278 g/mol. The summed E-state index contributed by atoms with van der Waals surface area (Å²) in [6, 6.07) is 6.42. The van der Waals surface area contributed by atoms with Crippen LogP contribution in [0.15, 0.2) is 34.6 Å². The van der Waals surface area contributed by atoms with Gasteiger partial charge in [0.2, 0.25) is 0 Å². The molecule has 0 radical (unpaired) electrons. The summed E-state index contributed by atoms with van der Waals surface area (Å²) in [5, 5.41) is 10.8. The summed E-state index contributed by atoms with van der Waals surface area (Å²) in [4.78, 5) is 5.27. The third-order valence-corrected chi connectivity index (χ3v) is 3.60. The number of rotatable bonds is 7. The zero-order valence-corrected chi connectivity index (χ0v) is 12.0. The highest BCUT2D eigenvalue weighted by Gasteiger charge is 2.03. The summed E-state index contributed by atoms with van der Waals surface area (Å²) in [5.41, 5.74) is 2.58. The fourth-order valence-corrected chi connectivity index (χ4v) is 2.48. The number of nitrogens with zero attached hydrogens (tertiary/aromatic N) is 2. The van der Waals surface area contributed by atoms with Gasteiger partial charge < -0.3 is 10.1 Å². The van der Waals surface area contributed by atoms with Crippen LogP contribution in [0.25, 0.3) is 0 Å². The van der Waals surface area contributed by atoms with E-state index in [1.807, 2.05) is 0 Å². The van der Waals surface area contributed by atoms with E-state index < -0.39 is 0 Å². The van der Waals surface area contributed by atoms with Crippen LogP contribution in [-0.2, 0) is 11.3 Å². The van der Waals surface area contributed by atoms with E-state index in [0.717, 1.165) is 29.7 Å². The molecule has 0 bridgehead atoms. The van der Waals surface area contributed by atoms with Crippen molar-refractivity contribution < 1.29 is 4.74 Å². The van der Waals surface area contributed by atoms with Gasteiger partial charge in [0.25, 0.3) is 0 Å². The molecule has 1 aromatic carbocycles. The summed E-state index contributed by atoms with van der Waals surface area (Å²) in [6.07, 6.45) is 1.52. The molecule has 5 nitrogen and oxygen atoms in total. The first-order valence-corrected chi connectivity index (χ1v) is 6.93. The average molecular weight is 278 g/mol. The first-order valence-electron chi connectivity index (χ1n) is 6.12. The van der Waals surface area contributed by atoms with Crippen LogP contribution in [0.1, 0.15) is 11.1 Å². The van der Waals surface area contributed by atoms with Gasteiger partial charge in [-0.1, -0.05) is 17.8 Å². The first kappa shape index (κ1) is 14.0. The number of H-pyrrole nitrogens is 1. The number of methoxy groups -OCH3 is 1. The van der Waals surface area contributed by atoms with Gasteiger partial charge in [0.05, 0.1) is 6.61 Å². The maximum Gasteiger partial charge on any atom is 0.188 e. The van der Waals surface area contributed by atoms with Crippen molar-refractivity contribution in [2.75, 3.05) is 20.3 Å². The van der Waals surface area contributed by atoms with E-state index in [4.69, 9.17) is 4.74 Å². The summed E-state index contributed by atoms with van der Waals surface area (Å²) < 4.78 is 5.01. The van der Waals surface area contributed by atoms with Gasteiger partial charge in [0.15, 0.2) is 5.16 Å². The smallest absolute Gasteiger partial charge is 0.188 e. The molecule has 1 heterocycles. The Kier molecular flexibility index (Phi) is 5.38. The van der Waals surface area contributed by atoms with Gasteiger partial charge in [0.1, 0.15) is 6.33 Å². The lowest BCUT2D eigenvalue weighted by Crippen LogP contribution is -2.19. The zero-order chi connectivity index (χ0) is 13.5. The van der Waals surface area contributed by atoms with Crippen molar-refractivity contribution in [3.63, 3.8) is 0 Å². The third-order valence-electron chi connectivity index (χ3n) is 2.72. The van der Waals surface area contributed by atoms with E-state index in [1.54, 1.807) is 18.9 Å². The van der Waals surface area contributed by atoms with E-state index >= 15 is 0 Å². The molecule has 102 valence electrons. The van der Waals surface area contributed by atoms with E-state index in [0.29, 0.717) is 0 Å². The van der Waals surface area contributed by atoms with Crippen molar-refractivity contribution in [2.24, 2.45) is 0 Å². The molecular weight excluding hydrogens is 260 g/mol. The minimum Gasteiger partial charge on any atom is -0.383 e. The highest BCUT2D eigenvalue weighted by atomic mass is 32.2. The van der Waals surface area contributed by atoms with Gasteiger partial charge in [-0.05, 0) is 30.2 Å². The number of aryl methyl sites for hydroxylation is 1. The fraction of sp³-hybridized carbons (Fsp3) is 0.385. The number of nitrogens with one attached hydrogen (secondary N) is 2. The Morgan fingerprint density at radius 1 is 1.42 bits per heavy atom. The second kappa shape index (κ2) is 7.28. The lowest BCUT2D eigenvalue weighted by molar-refractivity contribution is 0.199. The second-order valence-electron chi connectivity index (χ2n) is 4.15. The third kappa shape index (κ3) is 4.34. The maximum atomic E-state index is 5.01. The minimum atomic E-state index is 0.735. The molecule has 0 amide bonds. The predicted molar refractivity (Wildman–Crippen MR) is 75.3 cm³/mol. The summed E-state index contributed by atoms with van der Waals surface area (Å²) in [5.74, 6) is 0. The Labute approximate surface area is 117 Å². The molecule has 1 aromatic heterocycles. The molecule has 2 rings (SSSR count). The van der Waals surface area contributed by atoms with Crippen LogP contribution >= 0.6 is 11.8 Å². The molecule has 0 aliphatic heterocycles. The Hall–Kier alpha value is -1.37. The minimum absolute atomic E-state index is 0.735. The Morgan fingerprint density at radius 2 is 2.32 bits per heavy atom. The second-order valence-corrected chi connectivity index (χ2v) is 5.21. The molecule has 0 saturated heterocycles. The van der Waals surface area contributed by atoms with Crippen molar-refractivity contribution in [2.45, 2.75) is 23.5 Å². The number of hydrogen-bond donors (Lipinski definition) is 2. The first-order chi connectivity index (χ1) is 9.29. The molecule has 0 saturated carbocycles. The van der Waals surface area contributed by atoms with Crippen molar-refractivity contribution in [1.82, 2.24) is 20.5 Å². The highest BCUT2D eigenvalue weighted by molar-refractivity contribution is 7.99. The largest absolute Gasteiger partial charge is 0.383 e. The van der Waals surface area contributed by atoms with Crippen LogP contribution < -0.4 is 5.32 Å². The Balaban J connectivity index is 1.93. The lowest BCUT2D eigenvalue weighted by Gasteiger charge is -2.09. The zero-order valence-electron chi connectivity index (χ0n) is 11.1. The van der Waals surface area contributed by atoms with Gasteiger partial charge in [-0.2, -0.15) is 5.10 Å². The van der Waals surface area contributed by atoms with Gasteiger partial charge in [-0.3, -0.25) is 5.10 Å². The van der Waals surface area contributed by atoms with Crippen LogP contribution in [0.2, 0.25) is 0 Å². The quantitative estimate of drug-likeness (QED) is 0.759. The number of benzene rings is 1. The van der Waals surface area contributed by atoms with E-state index in [1.165, 1.54) is 17.5 Å². The molecule has 6 heteroatoms. The molecule has 0 atom stereocenters. The van der Waals surface area contributed by atoms with Gasteiger partial charge in [0, 0.05) is 25.1 Å². The number of aromatic nitrogens is 3. The van der Waals surface area contributed by atoms with E-state index in [-0.39, 0.29) is 0 Å². The maximum absolute atomic E-state index is 5.01. The van der Waals surface area contributed by atoms with Crippen LogP contribution in [0.4, 0.5) is 0 Å². The van der Waals surface area contributed by atoms with E-state index in [9.17, 15) is 0 Å². The lowest BCUT2D eigenvalue weighted by atomic mass is 10.1. The van der Waals surface area contributed by atoms with E-state index in [2.05, 4.69) is 45.6 Å². The van der Waals surface area contributed by atoms with Gasteiger partial charge >= 0.3 is 0 Å². The van der Waals surface area contributed by atoms with Crippen LogP contribution in [-0.4, -0.2) is 35.4 Å². The van der Waals surface area contributed by atoms with Gasteiger partial charge in [-0.25, -0.2) is 4.98 Å². The number of hydrogen-bond acceptors (Lipinski definition) is 5. The Morgan fingerprint density at radius 3 is 3.00 bits per heavy atom. The topological polar surface area (TPSA) is 62.8 Å². The van der Waals surface area contributed by atoms with Crippen molar-refractivity contribution in [3.05, 3.63) is 35.7 Å². The molecule has 0 fully saturated rings. The molecule has 19 heavy (non-hydrogen) atoms. The van der Waals surface area contributed by atoms with Crippen molar-refractivity contribution in [1.29, 1.82) is 0 Å². The molecule has 0 aliphatic carbocycles. The Bertz CT molecular complexity index is 501. The summed E-state index contributed by atoms with van der Waals surface area (Å²) >= 11 is 1.58. The highest BCUT2D eigenvalue weighted by Crippen LogP contribution is 2.25. The SMILES string of the molecule is COCCNCc1ccc(Sc2ncn[nH]2)cc1C. The van der Waals surface area contributed by atoms with Crippen LogP contribution in [0.5, 0.6) is 0 Å². The average Bonchev–Trinajstić information content (AvgIpc) is 2.90. The van der Waals surface area contributed by atoms with Crippen LogP contribution in [0.3, 0.4) is 0 Å².